The summed E-state index contributed by atoms with van der Waals surface area (Å²) in [5.41, 5.74) is 0.445. The van der Waals surface area contributed by atoms with E-state index in [0.29, 0.717) is 11.4 Å². The minimum absolute atomic E-state index is 0.0935. The molecule has 0 aliphatic heterocycles. The molecule has 0 fully saturated rings. The number of likely N-dealkylation sites (N-methyl/N-ethyl adjacent to an activating group) is 1. The molecule has 1 rings (SSSR count). The Morgan fingerprint density at radius 2 is 2.06 bits per heavy atom. The quantitative estimate of drug-likeness (QED) is 0.813. The van der Waals surface area contributed by atoms with Crippen molar-refractivity contribution in [1.29, 1.82) is 0 Å². The van der Waals surface area contributed by atoms with Crippen LogP contribution in [0, 0.1) is 0 Å². The zero-order chi connectivity index (χ0) is 13.7. The van der Waals surface area contributed by atoms with Crippen LogP contribution in [0.15, 0.2) is 18.2 Å². The summed E-state index contributed by atoms with van der Waals surface area (Å²) in [6.07, 6.45) is 0. The van der Waals surface area contributed by atoms with Gasteiger partial charge in [-0.15, -0.1) is 0 Å². The van der Waals surface area contributed by atoms with Crippen LogP contribution < -0.4 is 10.1 Å². The molecule has 1 aromatic rings. The molecule has 0 aromatic heterocycles. The number of benzene rings is 1. The van der Waals surface area contributed by atoms with Gasteiger partial charge < -0.3 is 20.1 Å². The first-order chi connectivity index (χ1) is 8.43. The van der Waals surface area contributed by atoms with Gasteiger partial charge in [0.15, 0.2) is 0 Å². The lowest BCUT2D eigenvalue weighted by Crippen LogP contribution is -2.27. The molecule has 1 amide bonds. The van der Waals surface area contributed by atoms with Gasteiger partial charge in [-0.25, -0.2) is 4.79 Å². The molecule has 0 aliphatic rings. The van der Waals surface area contributed by atoms with Crippen LogP contribution in [0.1, 0.15) is 10.4 Å². The SMILES string of the molecule is COc1ccc(C(=O)O)cc1NC(=O)CN(C)C. The van der Waals surface area contributed by atoms with E-state index in [1.807, 2.05) is 0 Å². The van der Waals surface area contributed by atoms with Crippen molar-refractivity contribution in [2.24, 2.45) is 0 Å². The topological polar surface area (TPSA) is 78.9 Å². The molecule has 1 aromatic carbocycles. The van der Waals surface area contributed by atoms with E-state index in [1.54, 1.807) is 19.0 Å². The molecule has 0 unspecified atom stereocenters. The minimum atomic E-state index is -1.05. The number of amides is 1. The summed E-state index contributed by atoms with van der Waals surface area (Å²) in [6, 6.07) is 4.30. The van der Waals surface area contributed by atoms with Crippen molar-refractivity contribution in [2.45, 2.75) is 0 Å². The summed E-state index contributed by atoms with van der Waals surface area (Å²) in [4.78, 5) is 24.2. The predicted molar refractivity (Wildman–Crippen MR) is 67.1 cm³/mol. The lowest BCUT2D eigenvalue weighted by molar-refractivity contribution is -0.116. The number of carbonyl (C=O) groups is 2. The fourth-order valence-corrected chi connectivity index (χ4v) is 1.42. The van der Waals surface area contributed by atoms with E-state index in [-0.39, 0.29) is 18.0 Å². The van der Waals surface area contributed by atoms with Gasteiger partial charge in [-0.05, 0) is 32.3 Å². The Hall–Kier alpha value is -2.08. The average molecular weight is 252 g/mol. The van der Waals surface area contributed by atoms with Gasteiger partial charge in [0.2, 0.25) is 5.91 Å². The van der Waals surface area contributed by atoms with Crippen LogP contribution in [-0.2, 0) is 4.79 Å². The van der Waals surface area contributed by atoms with Crippen molar-refractivity contribution in [3.8, 4) is 5.75 Å². The first-order valence-corrected chi connectivity index (χ1v) is 5.30. The van der Waals surface area contributed by atoms with E-state index in [2.05, 4.69) is 5.32 Å². The molecule has 0 bridgehead atoms. The van der Waals surface area contributed by atoms with Gasteiger partial charge >= 0.3 is 5.97 Å². The maximum absolute atomic E-state index is 11.6. The third-order valence-corrected chi connectivity index (χ3v) is 2.18. The molecule has 6 heteroatoms. The fourth-order valence-electron chi connectivity index (χ4n) is 1.42. The monoisotopic (exact) mass is 252 g/mol. The molecule has 2 N–H and O–H groups in total. The summed E-state index contributed by atoms with van der Waals surface area (Å²) < 4.78 is 5.06. The molecular formula is C12H16N2O4. The number of ether oxygens (including phenoxy) is 1. The van der Waals surface area contributed by atoms with E-state index in [9.17, 15) is 9.59 Å². The number of methoxy groups -OCH3 is 1. The van der Waals surface area contributed by atoms with Crippen molar-refractivity contribution < 1.29 is 19.4 Å². The summed E-state index contributed by atoms with van der Waals surface area (Å²) in [5, 5.41) is 11.5. The van der Waals surface area contributed by atoms with E-state index in [1.165, 1.54) is 25.3 Å². The normalized spacial score (nSPS) is 10.2. The third-order valence-electron chi connectivity index (χ3n) is 2.18. The molecular weight excluding hydrogens is 236 g/mol. The standard InChI is InChI=1S/C12H16N2O4/c1-14(2)7-11(15)13-9-6-8(12(16)17)4-5-10(9)18-3/h4-6H,7H2,1-3H3,(H,13,15)(H,16,17). The molecule has 0 spiro atoms. The number of hydrogen-bond donors (Lipinski definition) is 2. The summed E-state index contributed by atoms with van der Waals surface area (Å²) >= 11 is 0. The highest BCUT2D eigenvalue weighted by molar-refractivity contribution is 5.96. The van der Waals surface area contributed by atoms with Gasteiger partial charge in [0, 0.05) is 0 Å². The summed E-state index contributed by atoms with van der Waals surface area (Å²) in [7, 11) is 4.99. The molecule has 0 saturated heterocycles. The van der Waals surface area contributed by atoms with Crippen LogP contribution in [0.5, 0.6) is 5.75 Å². The van der Waals surface area contributed by atoms with Crippen molar-refractivity contribution in [3.05, 3.63) is 23.8 Å². The number of carbonyl (C=O) groups excluding carboxylic acids is 1. The predicted octanol–water partition coefficient (Wildman–Crippen LogP) is 0.893. The number of nitrogens with zero attached hydrogens (tertiary/aromatic N) is 1. The second kappa shape index (κ2) is 6.02. The summed E-state index contributed by atoms with van der Waals surface area (Å²) in [5.74, 6) is -0.867. The Labute approximate surface area is 105 Å². The third kappa shape index (κ3) is 3.74. The Balaban J connectivity index is 2.94. The largest absolute Gasteiger partial charge is 0.495 e. The maximum atomic E-state index is 11.6. The van der Waals surface area contributed by atoms with Gasteiger partial charge in [-0.2, -0.15) is 0 Å². The zero-order valence-electron chi connectivity index (χ0n) is 10.6. The van der Waals surface area contributed by atoms with Crippen LogP contribution >= 0.6 is 0 Å². The molecule has 0 radical (unpaired) electrons. The van der Waals surface area contributed by atoms with Gasteiger partial charge in [0.25, 0.3) is 0 Å². The lowest BCUT2D eigenvalue weighted by atomic mass is 10.2. The van der Waals surface area contributed by atoms with E-state index >= 15 is 0 Å². The Morgan fingerprint density at radius 3 is 2.56 bits per heavy atom. The summed E-state index contributed by atoms with van der Waals surface area (Å²) in [6.45, 7) is 0.209. The van der Waals surface area contributed by atoms with Crippen molar-refractivity contribution >= 4 is 17.6 Å². The van der Waals surface area contributed by atoms with Gasteiger partial charge in [0.1, 0.15) is 5.75 Å². The highest BCUT2D eigenvalue weighted by Crippen LogP contribution is 2.25. The maximum Gasteiger partial charge on any atom is 0.335 e. The Kier molecular flexibility index (Phi) is 4.67. The zero-order valence-corrected chi connectivity index (χ0v) is 10.6. The number of carboxylic acid groups (broad SMARTS) is 1. The van der Waals surface area contributed by atoms with Gasteiger partial charge in [-0.1, -0.05) is 0 Å². The lowest BCUT2D eigenvalue weighted by Gasteiger charge is -2.13. The minimum Gasteiger partial charge on any atom is -0.495 e. The van der Waals surface area contributed by atoms with Gasteiger partial charge in [-0.3, -0.25) is 4.79 Å². The molecule has 6 nitrogen and oxygen atoms in total. The highest BCUT2D eigenvalue weighted by Gasteiger charge is 2.11. The van der Waals surface area contributed by atoms with Crippen molar-refractivity contribution in [1.82, 2.24) is 4.90 Å². The highest BCUT2D eigenvalue weighted by atomic mass is 16.5. The Morgan fingerprint density at radius 1 is 1.39 bits per heavy atom. The molecule has 18 heavy (non-hydrogen) atoms. The van der Waals surface area contributed by atoms with E-state index in [4.69, 9.17) is 9.84 Å². The van der Waals surface area contributed by atoms with Gasteiger partial charge in [0.05, 0.1) is 24.9 Å². The number of nitrogens with one attached hydrogen (secondary N) is 1. The van der Waals surface area contributed by atoms with Crippen LogP contribution in [0.4, 0.5) is 5.69 Å². The van der Waals surface area contributed by atoms with Crippen LogP contribution in [0.3, 0.4) is 0 Å². The molecule has 0 aliphatic carbocycles. The first-order valence-electron chi connectivity index (χ1n) is 5.30. The van der Waals surface area contributed by atoms with Crippen LogP contribution in [0.25, 0.3) is 0 Å². The number of carboxylic acids is 1. The van der Waals surface area contributed by atoms with Crippen molar-refractivity contribution in [2.75, 3.05) is 33.1 Å². The average Bonchev–Trinajstić information content (AvgIpc) is 2.27. The van der Waals surface area contributed by atoms with E-state index < -0.39 is 5.97 Å². The number of anilines is 1. The second-order valence-electron chi connectivity index (χ2n) is 4.01. The fraction of sp³-hybridized carbons (Fsp3) is 0.333. The molecule has 98 valence electrons. The first kappa shape index (κ1) is 14.0. The second-order valence-corrected chi connectivity index (χ2v) is 4.01. The number of aromatic carboxylic acids is 1. The van der Waals surface area contributed by atoms with E-state index in [0.717, 1.165) is 0 Å². The van der Waals surface area contributed by atoms with Crippen LogP contribution in [0.2, 0.25) is 0 Å². The van der Waals surface area contributed by atoms with Crippen LogP contribution in [-0.4, -0.2) is 49.6 Å². The Bertz CT molecular complexity index is 457. The number of rotatable bonds is 5. The molecule has 0 saturated carbocycles. The number of hydrogen-bond acceptors (Lipinski definition) is 4. The smallest absolute Gasteiger partial charge is 0.335 e. The molecule has 0 atom stereocenters. The van der Waals surface area contributed by atoms with Crippen molar-refractivity contribution in [3.63, 3.8) is 0 Å². The molecule has 0 heterocycles.